The van der Waals surface area contributed by atoms with Crippen molar-refractivity contribution < 1.29 is 9.90 Å². The van der Waals surface area contributed by atoms with Crippen LogP contribution in [-0.2, 0) is 0 Å². The van der Waals surface area contributed by atoms with E-state index < -0.39 is 5.97 Å². The van der Waals surface area contributed by atoms with E-state index in [0.29, 0.717) is 5.69 Å². The summed E-state index contributed by atoms with van der Waals surface area (Å²) < 4.78 is 0. The number of hydrogen-bond donors (Lipinski definition) is 2. The third kappa shape index (κ3) is 2.66. The molecule has 0 radical (unpaired) electrons. The molecule has 1 aromatic carbocycles. The van der Waals surface area contributed by atoms with Gasteiger partial charge < -0.3 is 10.8 Å². The highest BCUT2D eigenvalue weighted by atomic mass is 16.4. The Balaban J connectivity index is 0.000000561. The maximum absolute atomic E-state index is 10.3. The van der Waals surface area contributed by atoms with E-state index in [4.69, 9.17) is 21.6 Å². The normalized spacial score (nSPS) is 7.83. The van der Waals surface area contributed by atoms with Crippen LogP contribution in [0.2, 0.25) is 0 Å². The van der Waals surface area contributed by atoms with E-state index in [-0.39, 0.29) is 5.56 Å². The van der Waals surface area contributed by atoms with Crippen LogP contribution in [0.1, 0.15) is 10.4 Å². The van der Waals surface area contributed by atoms with Crippen LogP contribution in [0, 0.1) is 10.8 Å². The highest BCUT2D eigenvalue weighted by molar-refractivity contribution is 5.88. The number of benzene rings is 1. The minimum Gasteiger partial charge on any atom is -0.478 e. The Labute approximate surface area is 68.8 Å². The largest absolute Gasteiger partial charge is 0.478 e. The lowest BCUT2D eigenvalue weighted by molar-refractivity contribution is 0.0697. The first-order chi connectivity index (χ1) is 5.70. The second-order valence-electron chi connectivity index (χ2n) is 1.93. The first-order valence-electron chi connectivity index (χ1n) is 2.99. The predicted molar refractivity (Wildman–Crippen MR) is 41.3 cm³/mol. The molecular weight excluding hydrogens is 158 g/mol. The molecule has 3 N–H and O–H groups in total. The van der Waals surface area contributed by atoms with E-state index >= 15 is 0 Å². The minimum absolute atomic E-state index is 0.222. The van der Waals surface area contributed by atoms with Crippen LogP contribution in [0.5, 0.6) is 0 Å². The Kier molecular flexibility index (Phi) is 3.87. The molecular formula is C7H7N3O2. The third-order valence-electron chi connectivity index (χ3n) is 1.13. The summed E-state index contributed by atoms with van der Waals surface area (Å²) in [5.74, 6) is -0.952. The van der Waals surface area contributed by atoms with Gasteiger partial charge in [-0.05, 0) is 18.2 Å². The monoisotopic (exact) mass is 165 g/mol. The first kappa shape index (κ1) is 9.91. The summed E-state index contributed by atoms with van der Waals surface area (Å²) in [5, 5.41) is 20.5. The van der Waals surface area contributed by atoms with E-state index in [1.54, 1.807) is 12.1 Å². The Morgan fingerprint density at radius 3 is 2.33 bits per heavy atom. The molecule has 0 amide bonds. The molecule has 0 saturated carbocycles. The smallest absolute Gasteiger partial charge is 0.335 e. The molecule has 62 valence electrons. The van der Waals surface area contributed by atoms with E-state index in [1.165, 1.54) is 12.1 Å². The molecule has 0 spiro atoms. The van der Waals surface area contributed by atoms with Gasteiger partial charge in [-0.15, -0.1) is 0 Å². The molecule has 0 aromatic heterocycles. The highest BCUT2D eigenvalue weighted by Crippen LogP contribution is 2.05. The average Bonchev–Trinajstić information content (AvgIpc) is 2.08. The fourth-order valence-electron chi connectivity index (χ4n) is 0.672. The number of hydrogen-bond acceptors (Lipinski definition) is 4. The maximum atomic E-state index is 10.3. The van der Waals surface area contributed by atoms with E-state index in [1.807, 2.05) is 0 Å². The number of nitrogens with zero attached hydrogens (tertiary/aromatic N) is 2. The van der Waals surface area contributed by atoms with E-state index in [0.717, 1.165) is 0 Å². The number of carbonyl (C=O) groups is 1. The third-order valence-corrected chi connectivity index (χ3v) is 1.13. The molecule has 0 aliphatic carbocycles. The summed E-state index contributed by atoms with van der Waals surface area (Å²) in [4.78, 5) is 10.3. The van der Waals surface area contributed by atoms with Gasteiger partial charge in [0.2, 0.25) is 0 Å². The molecule has 0 heterocycles. The summed E-state index contributed by atoms with van der Waals surface area (Å²) >= 11 is 0. The molecule has 1 rings (SSSR count). The lowest BCUT2D eigenvalue weighted by Crippen LogP contribution is -1.96. The molecule has 0 aliphatic heterocycles. The lowest BCUT2D eigenvalue weighted by Gasteiger charge is -1.93. The topological polar surface area (TPSA) is 111 Å². The first-order valence-corrected chi connectivity index (χ1v) is 2.99. The van der Waals surface area contributed by atoms with Gasteiger partial charge in [-0.2, -0.15) is 0 Å². The van der Waals surface area contributed by atoms with Gasteiger partial charge >= 0.3 is 5.97 Å². The maximum Gasteiger partial charge on any atom is 0.335 e. The van der Waals surface area contributed by atoms with Crippen molar-refractivity contribution in [3.8, 4) is 0 Å². The van der Waals surface area contributed by atoms with Crippen molar-refractivity contribution in [1.29, 1.82) is 10.8 Å². The molecule has 5 heteroatoms. The van der Waals surface area contributed by atoms with Crippen molar-refractivity contribution in [3.05, 3.63) is 29.8 Å². The number of aromatic carboxylic acids is 1. The van der Waals surface area contributed by atoms with Crippen molar-refractivity contribution in [2.75, 3.05) is 5.73 Å². The quantitative estimate of drug-likeness (QED) is 0.476. The zero-order valence-corrected chi connectivity index (χ0v) is 6.14. The van der Waals surface area contributed by atoms with Crippen molar-refractivity contribution in [2.24, 2.45) is 0 Å². The minimum atomic E-state index is -0.952. The molecule has 1 aromatic rings. The molecule has 5 nitrogen and oxygen atoms in total. The number of carboxylic acids is 1. The molecule has 0 atom stereocenters. The van der Waals surface area contributed by atoms with Gasteiger partial charge in [0.15, 0.2) is 0 Å². The second kappa shape index (κ2) is 4.68. The highest BCUT2D eigenvalue weighted by Gasteiger charge is 1.99. The van der Waals surface area contributed by atoms with Crippen molar-refractivity contribution in [1.82, 2.24) is 0 Å². The lowest BCUT2D eigenvalue weighted by atomic mass is 10.2. The van der Waals surface area contributed by atoms with Crippen LogP contribution < -0.4 is 5.73 Å². The van der Waals surface area contributed by atoms with Crippen LogP contribution in [-0.4, -0.2) is 11.1 Å². The van der Waals surface area contributed by atoms with E-state index in [2.05, 4.69) is 0 Å². The van der Waals surface area contributed by atoms with Gasteiger partial charge in [-0.1, -0.05) is 6.07 Å². The van der Waals surface area contributed by atoms with Crippen LogP contribution in [0.25, 0.3) is 0 Å². The van der Waals surface area contributed by atoms with Gasteiger partial charge in [0.25, 0.3) is 0 Å². The Hall–Kier alpha value is -2.09. The number of nitrogens with two attached hydrogens (primary N) is 1. The van der Waals surface area contributed by atoms with E-state index in [9.17, 15) is 4.79 Å². The number of nitrogen functional groups attached to an aromatic ring is 1. The summed E-state index contributed by atoms with van der Waals surface area (Å²) in [6.07, 6.45) is 0. The number of carboxylic acid groups (broad SMARTS) is 1. The van der Waals surface area contributed by atoms with Crippen LogP contribution in [0.15, 0.2) is 24.3 Å². The molecule has 0 unspecified atom stereocenters. The van der Waals surface area contributed by atoms with Gasteiger partial charge in [-0.25, -0.2) is 4.79 Å². The Morgan fingerprint density at radius 2 is 2.00 bits per heavy atom. The summed E-state index contributed by atoms with van der Waals surface area (Å²) in [6.45, 7) is 0. The van der Waals surface area contributed by atoms with Gasteiger partial charge in [0.1, 0.15) is 0 Å². The van der Waals surface area contributed by atoms with Gasteiger partial charge in [0, 0.05) is 16.5 Å². The zero-order chi connectivity index (χ0) is 9.56. The SMILES string of the molecule is N#N.Nc1cccc(C(=O)O)c1. The Morgan fingerprint density at radius 1 is 1.42 bits per heavy atom. The molecule has 0 bridgehead atoms. The predicted octanol–water partition coefficient (Wildman–Crippen LogP) is 0.997. The molecule has 12 heavy (non-hydrogen) atoms. The molecule has 0 aliphatic rings. The zero-order valence-electron chi connectivity index (χ0n) is 6.14. The average molecular weight is 165 g/mol. The number of rotatable bonds is 1. The fraction of sp³-hybridized carbons (Fsp3) is 0. The van der Waals surface area contributed by atoms with Crippen molar-refractivity contribution in [3.63, 3.8) is 0 Å². The molecule has 0 fully saturated rings. The summed E-state index contributed by atoms with van der Waals surface area (Å²) in [6, 6.07) is 6.17. The second-order valence-corrected chi connectivity index (χ2v) is 1.93. The Bertz CT molecular complexity index is 296. The standard InChI is InChI=1S/C7H7NO2.N2/c8-6-3-1-2-5(4-6)7(9)10;1-2/h1-4H,8H2,(H,9,10);. The van der Waals surface area contributed by atoms with Crippen LogP contribution in [0.3, 0.4) is 0 Å². The summed E-state index contributed by atoms with van der Waals surface area (Å²) in [5.41, 5.74) is 6.03. The van der Waals surface area contributed by atoms with Gasteiger partial charge in [0.05, 0.1) is 5.56 Å². The van der Waals surface area contributed by atoms with Gasteiger partial charge in [-0.3, -0.25) is 0 Å². The molecule has 0 saturated heterocycles. The number of anilines is 1. The van der Waals surface area contributed by atoms with Crippen LogP contribution >= 0.6 is 0 Å². The van der Waals surface area contributed by atoms with Crippen molar-refractivity contribution >= 4 is 11.7 Å². The summed E-state index contributed by atoms with van der Waals surface area (Å²) in [7, 11) is 0. The van der Waals surface area contributed by atoms with Crippen molar-refractivity contribution in [2.45, 2.75) is 0 Å². The fourth-order valence-corrected chi connectivity index (χ4v) is 0.672. The van der Waals surface area contributed by atoms with Crippen LogP contribution in [0.4, 0.5) is 5.69 Å².